The van der Waals surface area contributed by atoms with Crippen molar-refractivity contribution < 1.29 is 45.4 Å². The van der Waals surface area contributed by atoms with Crippen molar-refractivity contribution in [2.75, 3.05) is 32.0 Å². The second-order valence-electron chi connectivity index (χ2n) is 13.8. The fourth-order valence-corrected chi connectivity index (χ4v) is 8.62. The monoisotopic (exact) mass is 652 g/mol. The molecule has 0 unspecified atom stereocenters. The average molecular weight is 653 g/mol. The molecule has 2 aliphatic heterocycles. The van der Waals surface area contributed by atoms with E-state index in [-0.39, 0.29) is 27.7 Å². The summed E-state index contributed by atoms with van der Waals surface area (Å²) in [6, 6.07) is 10.6. The van der Waals surface area contributed by atoms with Crippen LogP contribution in [0.1, 0.15) is 73.7 Å². The van der Waals surface area contributed by atoms with Crippen molar-refractivity contribution in [3.63, 3.8) is 0 Å². The summed E-state index contributed by atoms with van der Waals surface area (Å²) in [5, 5.41) is 30.4. The Morgan fingerprint density at radius 2 is 1.62 bits per heavy atom. The van der Waals surface area contributed by atoms with Crippen LogP contribution in [0.3, 0.4) is 0 Å². The first-order chi connectivity index (χ1) is 21.5. The van der Waals surface area contributed by atoms with Gasteiger partial charge in [0.1, 0.15) is 11.5 Å². The van der Waals surface area contributed by atoms with Gasteiger partial charge in [-0.3, -0.25) is 14.6 Å². The summed E-state index contributed by atoms with van der Waals surface area (Å²) in [6.45, 7) is 3.87. The van der Waals surface area contributed by atoms with Gasteiger partial charge in [0.2, 0.25) is 0 Å². The van der Waals surface area contributed by atoms with Crippen molar-refractivity contribution in [1.29, 1.82) is 0 Å². The summed E-state index contributed by atoms with van der Waals surface area (Å²) >= 11 is 0. The van der Waals surface area contributed by atoms with E-state index >= 15 is 0 Å². The number of pyridine rings is 1. The summed E-state index contributed by atoms with van der Waals surface area (Å²) in [5.41, 5.74) is 6.83. The maximum Gasteiger partial charge on any atom is 0.352 e. The molecule has 6 fully saturated rings. The number of rotatable bonds is 8. The van der Waals surface area contributed by atoms with E-state index in [0.29, 0.717) is 62.1 Å². The topological polar surface area (TPSA) is 230 Å². The van der Waals surface area contributed by atoms with Gasteiger partial charge in [-0.15, -0.1) is 0 Å². The lowest BCUT2D eigenvalue weighted by molar-refractivity contribution is -0.139. The fourth-order valence-electron chi connectivity index (χ4n) is 8.62. The number of carboxylic acids is 2. The first-order valence-electron chi connectivity index (χ1n) is 16.0. The summed E-state index contributed by atoms with van der Waals surface area (Å²) in [7, 11) is 0. The molecule has 1 aromatic carbocycles. The SMILES string of the molecule is Nc1ncc(-c2ccc([C@@]34C[C@@H]3CN(C3CCOCC3)C4)cc2)cc1C(=O)N(/C(=C\C(=O)O)C(=O)O)C12CCC(O)(CC1)CC2.O.O. The molecule has 2 aromatic rings. The lowest BCUT2D eigenvalue weighted by atomic mass is 9.62. The van der Waals surface area contributed by atoms with E-state index < -0.39 is 34.7 Å². The molecule has 0 radical (unpaired) electrons. The van der Waals surface area contributed by atoms with Crippen LogP contribution in [0.15, 0.2) is 48.3 Å². The van der Waals surface area contributed by atoms with Gasteiger partial charge in [0.05, 0.1) is 17.2 Å². The maximum absolute atomic E-state index is 14.3. The second-order valence-corrected chi connectivity index (χ2v) is 13.8. The maximum atomic E-state index is 14.3. The third-order valence-electron chi connectivity index (χ3n) is 11.4. The zero-order chi connectivity index (χ0) is 31.6. The molecule has 9 N–H and O–H groups in total. The third kappa shape index (κ3) is 6.02. The average Bonchev–Trinajstić information content (AvgIpc) is 3.61. The number of aromatic nitrogens is 1. The van der Waals surface area contributed by atoms with E-state index in [0.717, 1.165) is 49.6 Å². The molecule has 0 spiro atoms. The first-order valence-corrected chi connectivity index (χ1v) is 16.0. The number of hydrogen-bond acceptors (Lipinski definition) is 8. The quantitative estimate of drug-likeness (QED) is 0.302. The van der Waals surface area contributed by atoms with Gasteiger partial charge in [0.15, 0.2) is 0 Å². The van der Waals surface area contributed by atoms with Gasteiger partial charge >= 0.3 is 11.9 Å². The minimum Gasteiger partial charge on any atom is -0.478 e. The van der Waals surface area contributed by atoms with Crippen molar-refractivity contribution >= 4 is 23.7 Å². The van der Waals surface area contributed by atoms with Gasteiger partial charge in [-0.25, -0.2) is 14.6 Å². The Labute approximate surface area is 272 Å². The number of aliphatic carboxylic acids is 2. The normalized spacial score (nSPS) is 30.1. The highest BCUT2D eigenvalue weighted by atomic mass is 16.5. The highest BCUT2D eigenvalue weighted by Crippen LogP contribution is 2.59. The predicted octanol–water partition coefficient (Wildman–Crippen LogP) is 1.77. The summed E-state index contributed by atoms with van der Waals surface area (Å²) in [5.74, 6) is -3.11. The van der Waals surface area contributed by atoms with Crippen molar-refractivity contribution in [2.45, 2.75) is 80.4 Å². The summed E-state index contributed by atoms with van der Waals surface area (Å²) in [6.07, 6.45) is 7.77. The molecule has 1 aromatic heterocycles. The summed E-state index contributed by atoms with van der Waals surface area (Å²) in [4.78, 5) is 46.5. The van der Waals surface area contributed by atoms with Crippen LogP contribution in [0.4, 0.5) is 5.82 Å². The van der Waals surface area contributed by atoms with E-state index in [1.165, 1.54) is 12.0 Å². The standard InChI is InChI=1S/C34H40N4O7.2H2O/c35-29-26(30(41)38(27(31(42)43)16-28(39)40)32-7-10-33(44,11-8-32)12-9-32)15-22(18-36-29)21-1-3-23(4-2-21)34-17-24(34)19-37(20-34)25-5-13-45-14-6-25;;/h1-4,15-16,18,24-25,44H,5-14,17,19-20H2,(H2,35,36)(H,39,40)(H,42,43);2*1H2/b27-16-;;/t24-,32?,33?,34+;;/m1../s1. The van der Waals surface area contributed by atoms with Crippen molar-refractivity contribution in [3.8, 4) is 11.1 Å². The van der Waals surface area contributed by atoms with Gasteiger partial charge in [-0.2, -0.15) is 0 Å². The molecule has 13 heteroatoms. The van der Waals surface area contributed by atoms with Crippen LogP contribution >= 0.6 is 0 Å². The Kier molecular flexibility index (Phi) is 9.25. The third-order valence-corrected chi connectivity index (χ3v) is 11.4. The van der Waals surface area contributed by atoms with Crippen molar-refractivity contribution in [3.05, 3.63) is 59.4 Å². The van der Waals surface area contributed by atoms with Crippen LogP contribution in [-0.2, 0) is 19.7 Å². The number of nitrogens with zero attached hydrogens (tertiary/aromatic N) is 3. The van der Waals surface area contributed by atoms with Crippen molar-refractivity contribution in [2.24, 2.45) is 5.92 Å². The molecule has 3 heterocycles. The fraction of sp³-hybridized carbons (Fsp3) is 0.529. The zero-order valence-electron chi connectivity index (χ0n) is 26.3. The number of carbonyl (C=O) groups is 3. The number of amides is 1. The number of benzene rings is 1. The molecule has 254 valence electrons. The largest absolute Gasteiger partial charge is 0.478 e. The number of carbonyl (C=O) groups excluding carboxylic acids is 1. The van der Waals surface area contributed by atoms with Crippen LogP contribution < -0.4 is 5.73 Å². The van der Waals surface area contributed by atoms with Gasteiger partial charge in [0, 0.05) is 55.1 Å². The number of likely N-dealkylation sites (tertiary alicyclic amines) is 1. The van der Waals surface area contributed by atoms with E-state index in [2.05, 4.69) is 22.0 Å². The number of piperidine rings is 1. The van der Waals surface area contributed by atoms with Gasteiger partial charge < -0.3 is 36.7 Å². The minimum atomic E-state index is -1.52. The van der Waals surface area contributed by atoms with E-state index in [1.807, 2.05) is 12.1 Å². The minimum absolute atomic E-state index is 0. The molecular formula is C34H44N4O9. The number of anilines is 1. The molecule has 2 atom stereocenters. The number of ether oxygens (including phenoxy) is 1. The first kappa shape index (κ1) is 34.5. The molecule has 2 saturated heterocycles. The molecule has 2 bridgehead atoms. The number of hydrogen-bond donors (Lipinski definition) is 4. The van der Waals surface area contributed by atoms with E-state index in [4.69, 9.17) is 10.5 Å². The Morgan fingerprint density at radius 1 is 0.979 bits per heavy atom. The van der Waals surface area contributed by atoms with Crippen LogP contribution in [0, 0.1) is 5.92 Å². The van der Waals surface area contributed by atoms with Crippen LogP contribution in [-0.4, -0.2) is 102 Å². The molecule has 8 rings (SSSR count). The van der Waals surface area contributed by atoms with Gasteiger partial charge in [0.25, 0.3) is 5.91 Å². The second kappa shape index (κ2) is 12.6. The molecule has 6 aliphatic rings. The van der Waals surface area contributed by atoms with Crippen LogP contribution in [0.5, 0.6) is 0 Å². The predicted molar refractivity (Wildman–Crippen MR) is 171 cm³/mol. The molecule has 47 heavy (non-hydrogen) atoms. The molecular weight excluding hydrogens is 608 g/mol. The number of nitrogens with two attached hydrogens (primary N) is 1. The highest BCUT2D eigenvalue weighted by Gasteiger charge is 2.61. The molecule has 4 saturated carbocycles. The molecule has 4 aliphatic carbocycles. The number of carboxylic acid groups (broad SMARTS) is 2. The molecule has 13 nitrogen and oxygen atoms in total. The Bertz CT molecular complexity index is 1550. The van der Waals surface area contributed by atoms with E-state index in [9.17, 15) is 29.7 Å². The van der Waals surface area contributed by atoms with Gasteiger partial charge in [-0.1, -0.05) is 24.3 Å². The number of fused-ring (bicyclic) bond motifs is 4. The highest BCUT2D eigenvalue weighted by molar-refractivity contribution is 6.06. The van der Waals surface area contributed by atoms with Crippen LogP contribution in [0.25, 0.3) is 11.1 Å². The van der Waals surface area contributed by atoms with Crippen molar-refractivity contribution in [1.82, 2.24) is 14.8 Å². The Hall–Kier alpha value is -3.88. The lowest BCUT2D eigenvalue weighted by Crippen LogP contribution is -2.60. The summed E-state index contributed by atoms with van der Waals surface area (Å²) < 4.78 is 5.57. The van der Waals surface area contributed by atoms with Crippen LogP contribution in [0.2, 0.25) is 0 Å². The Balaban J connectivity index is 0.00000217. The molecule has 1 amide bonds. The number of aliphatic hydroxyl groups is 1. The Morgan fingerprint density at radius 3 is 2.21 bits per heavy atom. The van der Waals surface area contributed by atoms with E-state index in [1.54, 1.807) is 12.3 Å². The smallest absolute Gasteiger partial charge is 0.352 e. The van der Waals surface area contributed by atoms with Gasteiger partial charge in [-0.05, 0) is 80.9 Å². The lowest BCUT2D eigenvalue weighted by Gasteiger charge is -2.55. The zero-order valence-corrected chi connectivity index (χ0v) is 26.3. The number of nitrogen functional groups attached to an aromatic ring is 1.